The second kappa shape index (κ2) is 5.14. The Morgan fingerprint density at radius 2 is 2.11 bits per heavy atom. The maximum atomic E-state index is 12.5. The monoisotopic (exact) mass is 291 g/mol. The largest absolute Gasteiger partial charge is 0.417 e. The molecule has 102 valence electrons. The summed E-state index contributed by atoms with van der Waals surface area (Å²) >= 11 is 5.83. The average Bonchev–Trinajstić information content (AvgIpc) is 2.76. The van der Waals surface area contributed by atoms with Gasteiger partial charge in [-0.2, -0.15) is 23.0 Å². The van der Waals surface area contributed by atoms with Gasteiger partial charge in [-0.15, -0.1) is 0 Å². The van der Waals surface area contributed by atoms with E-state index in [9.17, 15) is 13.2 Å². The Labute approximate surface area is 111 Å². The smallest absolute Gasteiger partial charge is 0.313 e. The van der Waals surface area contributed by atoms with Gasteiger partial charge in [0.25, 0.3) is 0 Å². The van der Waals surface area contributed by atoms with Crippen LogP contribution in [0, 0.1) is 0 Å². The van der Waals surface area contributed by atoms with E-state index in [2.05, 4.69) is 20.4 Å². The molecule has 0 radical (unpaired) electrons. The van der Waals surface area contributed by atoms with Crippen LogP contribution in [0.15, 0.2) is 18.6 Å². The lowest BCUT2D eigenvalue weighted by atomic mass is 10.3. The van der Waals surface area contributed by atoms with Gasteiger partial charge < -0.3 is 5.32 Å². The first-order chi connectivity index (χ1) is 8.93. The molecule has 1 N–H and O–H groups in total. The van der Waals surface area contributed by atoms with Crippen LogP contribution in [0.1, 0.15) is 11.4 Å². The third-order valence-electron chi connectivity index (χ3n) is 2.30. The molecule has 9 heteroatoms. The van der Waals surface area contributed by atoms with E-state index in [1.54, 1.807) is 7.05 Å². The van der Waals surface area contributed by atoms with E-state index in [-0.39, 0.29) is 10.8 Å². The van der Waals surface area contributed by atoms with Gasteiger partial charge in [0, 0.05) is 6.20 Å². The molecular weight excluding hydrogens is 283 g/mol. The van der Waals surface area contributed by atoms with Crippen LogP contribution < -0.4 is 5.32 Å². The van der Waals surface area contributed by atoms with Crippen molar-refractivity contribution in [3.63, 3.8) is 0 Å². The summed E-state index contributed by atoms with van der Waals surface area (Å²) in [5.41, 5.74) is -0.906. The molecule has 0 saturated heterocycles. The van der Waals surface area contributed by atoms with Crippen molar-refractivity contribution < 1.29 is 13.2 Å². The van der Waals surface area contributed by atoms with Crippen LogP contribution in [0.5, 0.6) is 0 Å². The summed E-state index contributed by atoms with van der Waals surface area (Å²) in [5.74, 6) is 0.606. The Morgan fingerprint density at radius 3 is 2.68 bits per heavy atom. The molecule has 2 aromatic rings. The molecule has 0 aliphatic rings. The highest BCUT2D eigenvalue weighted by atomic mass is 35.5. The lowest BCUT2D eigenvalue weighted by Crippen LogP contribution is -2.14. The third kappa shape index (κ3) is 2.85. The number of hydrogen-bond acceptors (Lipinski definition) is 4. The highest BCUT2D eigenvalue weighted by molar-refractivity contribution is 6.32. The SMILES string of the molecule is CNCc1ncnn1-c1ncc(C(F)(F)F)cc1Cl. The number of aromatic nitrogens is 4. The molecule has 2 heterocycles. The molecule has 0 saturated carbocycles. The van der Waals surface area contributed by atoms with Crippen LogP contribution in [0.2, 0.25) is 5.02 Å². The van der Waals surface area contributed by atoms with E-state index in [4.69, 9.17) is 11.6 Å². The van der Waals surface area contributed by atoms with Crippen molar-refractivity contribution in [2.75, 3.05) is 7.05 Å². The Kier molecular flexibility index (Phi) is 3.72. The maximum absolute atomic E-state index is 12.5. The molecule has 0 aromatic carbocycles. The Bertz CT molecular complexity index is 581. The van der Waals surface area contributed by atoms with Gasteiger partial charge in [0.15, 0.2) is 5.82 Å². The number of halogens is 4. The minimum Gasteiger partial charge on any atom is -0.313 e. The Morgan fingerprint density at radius 1 is 1.37 bits per heavy atom. The Hall–Kier alpha value is -1.67. The molecule has 0 aliphatic heterocycles. The molecular formula is C10H9ClF3N5. The molecule has 19 heavy (non-hydrogen) atoms. The van der Waals surface area contributed by atoms with Crippen LogP contribution in [0.3, 0.4) is 0 Å². The van der Waals surface area contributed by atoms with Crippen molar-refractivity contribution in [1.82, 2.24) is 25.1 Å². The number of nitrogens with zero attached hydrogens (tertiary/aromatic N) is 4. The molecule has 5 nitrogen and oxygen atoms in total. The Balaban J connectivity index is 2.44. The van der Waals surface area contributed by atoms with Gasteiger partial charge in [-0.25, -0.2) is 9.97 Å². The van der Waals surface area contributed by atoms with Gasteiger partial charge >= 0.3 is 6.18 Å². The zero-order valence-electron chi connectivity index (χ0n) is 9.74. The lowest BCUT2D eigenvalue weighted by Gasteiger charge is -2.10. The number of alkyl halides is 3. The van der Waals surface area contributed by atoms with E-state index < -0.39 is 11.7 Å². The van der Waals surface area contributed by atoms with Crippen LogP contribution in [-0.4, -0.2) is 26.8 Å². The first-order valence-electron chi connectivity index (χ1n) is 5.20. The topological polar surface area (TPSA) is 55.6 Å². The standard InChI is InChI=1S/C10H9ClF3N5/c1-15-4-8-17-5-18-19(8)9-7(11)2-6(3-16-9)10(12,13)14/h2-3,5,15H,4H2,1H3. The summed E-state index contributed by atoms with van der Waals surface area (Å²) in [6.07, 6.45) is -2.49. The summed E-state index contributed by atoms with van der Waals surface area (Å²) in [6.45, 7) is 0.388. The average molecular weight is 292 g/mol. The van der Waals surface area contributed by atoms with E-state index >= 15 is 0 Å². The van der Waals surface area contributed by atoms with Crippen molar-refractivity contribution >= 4 is 11.6 Å². The van der Waals surface area contributed by atoms with Crippen LogP contribution >= 0.6 is 11.6 Å². The van der Waals surface area contributed by atoms with Crippen LogP contribution in [0.25, 0.3) is 5.82 Å². The van der Waals surface area contributed by atoms with E-state index in [1.807, 2.05) is 0 Å². The van der Waals surface area contributed by atoms with Gasteiger partial charge in [0.05, 0.1) is 17.1 Å². The molecule has 0 atom stereocenters. The van der Waals surface area contributed by atoms with Crippen LogP contribution in [-0.2, 0) is 12.7 Å². The van der Waals surface area contributed by atoms with Crippen molar-refractivity contribution in [2.24, 2.45) is 0 Å². The normalized spacial score (nSPS) is 11.8. The lowest BCUT2D eigenvalue weighted by molar-refractivity contribution is -0.137. The molecule has 0 amide bonds. The highest BCUT2D eigenvalue weighted by Gasteiger charge is 2.31. The third-order valence-corrected chi connectivity index (χ3v) is 2.58. The quantitative estimate of drug-likeness (QED) is 0.940. The summed E-state index contributed by atoms with van der Waals surface area (Å²) < 4.78 is 38.8. The van der Waals surface area contributed by atoms with Crippen LogP contribution in [0.4, 0.5) is 13.2 Å². The van der Waals surface area contributed by atoms with E-state index in [0.717, 1.165) is 6.07 Å². The molecule has 0 spiro atoms. The molecule has 2 aromatic heterocycles. The number of hydrogen-bond donors (Lipinski definition) is 1. The summed E-state index contributed by atoms with van der Waals surface area (Å²) in [6, 6.07) is 0.814. The summed E-state index contributed by atoms with van der Waals surface area (Å²) in [5, 5.41) is 6.62. The first kappa shape index (κ1) is 13.8. The predicted octanol–water partition coefficient (Wildman–Crippen LogP) is 2.05. The van der Waals surface area contributed by atoms with Gasteiger partial charge in [0.2, 0.25) is 0 Å². The fourth-order valence-electron chi connectivity index (χ4n) is 1.46. The fraction of sp³-hybridized carbons (Fsp3) is 0.300. The van der Waals surface area contributed by atoms with Crippen molar-refractivity contribution in [3.05, 3.63) is 35.0 Å². The molecule has 0 aliphatic carbocycles. The zero-order chi connectivity index (χ0) is 14.0. The predicted molar refractivity (Wildman–Crippen MR) is 61.9 cm³/mol. The van der Waals surface area contributed by atoms with Crippen molar-refractivity contribution in [1.29, 1.82) is 0 Å². The number of nitrogens with one attached hydrogen (secondary N) is 1. The minimum atomic E-state index is -4.48. The fourth-order valence-corrected chi connectivity index (χ4v) is 1.71. The van der Waals surface area contributed by atoms with E-state index in [0.29, 0.717) is 18.6 Å². The summed E-state index contributed by atoms with van der Waals surface area (Å²) in [7, 11) is 1.71. The van der Waals surface area contributed by atoms with Gasteiger partial charge in [-0.1, -0.05) is 11.6 Å². The van der Waals surface area contributed by atoms with Crippen molar-refractivity contribution in [2.45, 2.75) is 12.7 Å². The molecule has 2 rings (SSSR count). The first-order valence-corrected chi connectivity index (χ1v) is 5.58. The van der Waals surface area contributed by atoms with Gasteiger partial charge in [-0.05, 0) is 13.1 Å². The van der Waals surface area contributed by atoms with E-state index in [1.165, 1.54) is 11.0 Å². The summed E-state index contributed by atoms with van der Waals surface area (Å²) in [4.78, 5) is 7.67. The number of rotatable bonds is 3. The maximum Gasteiger partial charge on any atom is 0.417 e. The molecule has 0 fully saturated rings. The number of pyridine rings is 1. The highest BCUT2D eigenvalue weighted by Crippen LogP contribution is 2.31. The zero-order valence-corrected chi connectivity index (χ0v) is 10.5. The second-order valence-corrected chi connectivity index (χ2v) is 4.05. The second-order valence-electron chi connectivity index (χ2n) is 3.65. The molecule has 0 bridgehead atoms. The van der Waals surface area contributed by atoms with Gasteiger partial charge in [-0.3, -0.25) is 0 Å². The van der Waals surface area contributed by atoms with Gasteiger partial charge in [0.1, 0.15) is 12.2 Å². The van der Waals surface area contributed by atoms with Crippen molar-refractivity contribution in [3.8, 4) is 5.82 Å². The minimum absolute atomic E-state index is 0.109. The molecule has 0 unspecified atom stereocenters.